The number of hydrogen-bond donors (Lipinski definition) is 2. The van der Waals surface area contributed by atoms with Crippen molar-refractivity contribution in [3.05, 3.63) is 0 Å². The van der Waals surface area contributed by atoms with Crippen molar-refractivity contribution in [2.75, 3.05) is 20.1 Å². The summed E-state index contributed by atoms with van der Waals surface area (Å²) in [4.78, 5) is 14.7. The first kappa shape index (κ1) is 20.0. The molecule has 0 bridgehead atoms. The van der Waals surface area contributed by atoms with Crippen LogP contribution in [0.15, 0.2) is 0 Å². The molecule has 1 saturated heterocycles. The molecular formula is C14H29Cl2N3O. The summed E-state index contributed by atoms with van der Waals surface area (Å²) in [5.41, 5.74) is 5.97. The predicted octanol–water partition coefficient (Wildman–Crippen LogP) is 1.95. The highest BCUT2D eigenvalue weighted by Gasteiger charge is 2.38. The third-order valence-corrected chi connectivity index (χ3v) is 4.64. The SMILES string of the molecule is CN1CCC(NC(=O)C2CCCCC2(C)N)CC1.Cl.Cl. The van der Waals surface area contributed by atoms with Gasteiger partial charge in [-0.15, -0.1) is 24.8 Å². The van der Waals surface area contributed by atoms with E-state index in [4.69, 9.17) is 5.73 Å². The fraction of sp³-hybridized carbons (Fsp3) is 0.929. The molecule has 1 saturated carbocycles. The molecule has 0 radical (unpaired) electrons. The van der Waals surface area contributed by atoms with Crippen LogP contribution < -0.4 is 11.1 Å². The molecule has 2 aliphatic rings. The summed E-state index contributed by atoms with van der Waals surface area (Å²) in [5, 5.41) is 3.22. The van der Waals surface area contributed by atoms with Gasteiger partial charge < -0.3 is 16.0 Å². The van der Waals surface area contributed by atoms with Gasteiger partial charge in [0.05, 0.1) is 5.92 Å². The van der Waals surface area contributed by atoms with E-state index in [2.05, 4.69) is 17.3 Å². The smallest absolute Gasteiger partial charge is 0.225 e. The zero-order valence-electron chi connectivity index (χ0n) is 12.6. The van der Waals surface area contributed by atoms with Crippen LogP contribution in [0.2, 0.25) is 0 Å². The summed E-state index contributed by atoms with van der Waals surface area (Å²) in [7, 11) is 2.14. The van der Waals surface area contributed by atoms with Crippen molar-refractivity contribution in [2.45, 2.75) is 57.0 Å². The summed E-state index contributed by atoms with van der Waals surface area (Å²) in [6, 6.07) is 0.353. The minimum absolute atomic E-state index is 0. The van der Waals surface area contributed by atoms with E-state index in [0.29, 0.717) is 6.04 Å². The molecule has 0 aromatic rings. The Morgan fingerprint density at radius 1 is 1.20 bits per heavy atom. The van der Waals surface area contributed by atoms with Crippen LogP contribution in [0, 0.1) is 5.92 Å². The van der Waals surface area contributed by atoms with Crippen molar-refractivity contribution in [3.8, 4) is 0 Å². The fourth-order valence-electron chi connectivity index (χ4n) is 3.24. The first-order valence-electron chi connectivity index (χ1n) is 7.27. The first-order valence-corrected chi connectivity index (χ1v) is 7.27. The van der Waals surface area contributed by atoms with Gasteiger partial charge in [-0.05, 0) is 52.7 Å². The van der Waals surface area contributed by atoms with Crippen molar-refractivity contribution >= 4 is 30.7 Å². The van der Waals surface area contributed by atoms with Gasteiger partial charge in [-0.1, -0.05) is 12.8 Å². The number of hydrogen-bond acceptors (Lipinski definition) is 3. The number of nitrogens with zero attached hydrogens (tertiary/aromatic N) is 1. The molecule has 1 heterocycles. The molecule has 0 aromatic heterocycles. The second-order valence-corrected chi connectivity index (χ2v) is 6.39. The van der Waals surface area contributed by atoms with Crippen molar-refractivity contribution in [1.29, 1.82) is 0 Å². The molecule has 120 valence electrons. The standard InChI is InChI=1S/C14H27N3O.2ClH/c1-14(15)8-4-3-5-12(14)13(18)16-11-6-9-17(2)10-7-11;;/h11-12H,3-10,15H2,1-2H3,(H,16,18);2*1H. The molecule has 20 heavy (non-hydrogen) atoms. The lowest BCUT2D eigenvalue weighted by Crippen LogP contribution is -2.55. The zero-order valence-corrected chi connectivity index (χ0v) is 14.2. The first-order chi connectivity index (χ1) is 8.49. The second kappa shape index (κ2) is 8.42. The van der Waals surface area contributed by atoms with Gasteiger partial charge in [0.15, 0.2) is 0 Å². The quantitative estimate of drug-likeness (QED) is 0.815. The summed E-state index contributed by atoms with van der Waals surface area (Å²) in [6.07, 6.45) is 6.35. The van der Waals surface area contributed by atoms with Gasteiger partial charge >= 0.3 is 0 Å². The maximum Gasteiger partial charge on any atom is 0.225 e. The topological polar surface area (TPSA) is 58.4 Å². The highest BCUT2D eigenvalue weighted by atomic mass is 35.5. The molecule has 0 spiro atoms. The van der Waals surface area contributed by atoms with E-state index in [1.807, 2.05) is 6.92 Å². The lowest BCUT2D eigenvalue weighted by molar-refractivity contribution is -0.129. The molecule has 2 fully saturated rings. The molecule has 0 aromatic carbocycles. The van der Waals surface area contributed by atoms with E-state index in [-0.39, 0.29) is 42.2 Å². The van der Waals surface area contributed by atoms with Crippen LogP contribution in [-0.4, -0.2) is 42.5 Å². The summed E-state index contributed by atoms with van der Waals surface area (Å²) in [6.45, 7) is 4.19. The number of halogens is 2. The summed E-state index contributed by atoms with van der Waals surface area (Å²) in [5.74, 6) is 0.195. The van der Waals surface area contributed by atoms with E-state index in [1.165, 1.54) is 0 Å². The maximum atomic E-state index is 12.4. The molecule has 4 nitrogen and oxygen atoms in total. The van der Waals surface area contributed by atoms with Crippen LogP contribution in [0.4, 0.5) is 0 Å². The molecule has 2 unspecified atom stereocenters. The Kier molecular flexibility index (Phi) is 8.41. The fourth-order valence-corrected chi connectivity index (χ4v) is 3.24. The number of nitrogens with two attached hydrogens (primary N) is 1. The number of likely N-dealkylation sites (tertiary alicyclic amines) is 1. The molecule has 6 heteroatoms. The van der Waals surface area contributed by atoms with Gasteiger partial charge in [-0.3, -0.25) is 4.79 Å². The molecule has 3 N–H and O–H groups in total. The number of nitrogens with one attached hydrogen (secondary N) is 1. The van der Waals surface area contributed by atoms with Crippen LogP contribution in [0.25, 0.3) is 0 Å². The minimum Gasteiger partial charge on any atom is -0.353 e. The number of piperidine rings is 1. The van der Waals surface area contributed by atoms with Crippen molar-refractivity contribution in [3.63, 3.8) is 0 Å². The normalized spacial score (nSPS) is 31.9. The van der Waals surface area contributed by atoms with E-state index in [0.717, 1.165) is 51.6 Å². The average Bonchev–Trinajstić information content (AvgIpc) is 2.31. The Hall–Kier alpha value is -0.0300. The molecular weight excluding hydrogens is 297 g/mol. The van der Waals surface area contributed by atoms with Gasteiger partial charge in [0.1, 0.15) is 0 Å². The van der Waals surface area contributed by atoms with Crippen molar-refractivity contribution in [1.82, 2.24) is 10.2 Å². The molecule has 2 rings (SSSR count). The van der Waals surface area contributed by atoms with E-state index in [9.17, 15) is 4.79 Å². The summed E-state index contributed by atoms with van der Waals surface area (Å²) < 4.78 is 0. The third-order valence-electron chi connectivity index (χ3n) is 4.64. The monoisotopic (exact) mass is 325 g/mol. The lowest BCUT2D eigenvalue weighted by atomic mass is 9.74. The van der Waals surface area contributed by atoms with Crippen molar-refractivity contribution < 1.29 is 4.79 Å². The summed E-state index contributed by atoms with van der Waals surface area (Å²) >= 11 is 0. The highest BCUT2D eigenvalue weighted by molar-refractivity contribution is 5.85. The Morgan fingerprint density at radius 2 is 1.80 bits per heavy atom. The largest absolute Gasteiger partial charge is 0.353 e. The average molecular weight is 326 g/mol. The maximum absolute atomic E-state index is 12.4. The Balaban J connectivity index is 0.00000180. The van der Waals surface area contributed by atoms with Gasteiger partial charge in [-0.2, -0.15) is 0 Å². The van der Waals surface area contributed by atoms with Gasteiger partial charge in [0.2, 0.25) is 5.91 Å². The Labute approximate surface area is 135 Å². The van der Waals surface area contributed by atoms with Crippen LogP contribution in [0.1, 0.15) is 45.4 Å². The molecule has 2 atom stereocenters. The van der Waals surface area contributed by atoms with Gasteiger partial charge in [-0.25, -0.2) is 0 Å². The zero-order chi connectivity index (χ0) is 13.2. The van der Waals surface area contributed by atoms with Gasteiger partial charge in [0, 0.05) is 11.6 Å². The van der Waals surface area contributed by atoms with Crippen LogP contribution in [0.5, 0.6) is 0 Å². The number of carbonyl (C=O) groups is 1. The Morgan fingerprint density at radius 3 is 2.35 bits per heavy atom. The van der Waals surface area contributed by atoms with Crippen molar-refractivity contribution in [2.24, 2.45) is 11.7 Å². The predicted molar refractivity (Wildman–Crippen MR) is 87.7 cm³/mol. The number of carbonyl (C=O) groups excluding carboxylic acids is 1. The van der Waals surface area contributed by atoms with Crippen LogP contribution in [0.3, 0.4) is 0 Å². The van der Waals surface area contributed by atoms with E-state index in [1.54, 1.807) is 0 Å². The second-order valence-electron chi connectivity index (χ2n) is 6.39. The highest BCUT2D eigenvalue weighted by Crippen LogP contribution is 2.31. The van der Waals surface area contributed by atoms with Crippen LogP contribution in [-0.2, 0) is 4.79 Å². The number of rotatable bonds is 2. The molecule has 1 aliphatic heterocycles. The molecule has 1 amide bonds. The number of amides is 1. The van der Waals surface area contributed by atoms with Crippen LogP contribution >= 0.6 is 24.8 Å². The minimum atomic E-state index is -0.312. The van der Waals surface area contributed by atoms with Gasteiger partial charge in [0.25, 0.3) is 0 Å². The van der Waals surface area contributed by atoms with E-state index >= 15 is 0 Å². The molecule has 1 aliphatic carbocycles. The lowest BCUT2D eigenvalue weighted by Gasteiger charge is -2.38. The van der Waals surface area contributed by atoms with E-state index < -0.39 is 0 Å². The Bertz CT molecular complexity index is 305. The third kappa shape index (κ3) is 5.06.